The van der Waals surface area contributed by atoms with Crippen LogP contribution in [0.5, 0.6) is 0 Å². The van der Waals surface area contributed by atoms with Gasteiger partial charge in [0.05, 0.1) is 10.8 Å². The molecule has 1 aromatic carbocycles. The fraction of sp³-hybridized carbons (Fsp3) is 0.357. The SMILES string of the molecule is CN1C(=O)[C@@]2([N+](=O)[O-])CC=CC[C@H]2c2cc([N+](=O)[O-])ccc21. The number of rotatable bonds is 2. The van der Waals surface area contributed by atoms with E-state index in [4.69, 9.17) is 0 Å². The minimum atomic E-state index is -1.77. The Hall–Kier alpha value is -2.77. The van der Waals surface area contributed by atoms with Crippen LogP contribution in [0.1, 0.15) is 24.3 Å². The van der Waals surface area contributed by atoms with E-state index >= 15 is 0 Å². The van der Waals surface area contributed by atoms with Crippen molar-refractivity contribution in [3.63, 3.8) is 0 Å². The van der Waals surface area contributed by atoms with E-state index in [1.54, 1.807) is 12.2 Å². The van der Waals surface area contributed by atoms with Crippen LogP contribution in [0.25, 0.3) is 0 Å². The maximum atomic E-state index is 12.6. The first-order chi connectivity index (χ1) is 10.4. The van der Waals surface area contributed by atoms with Crippen LogP contribution in [0.4, 0.5) is 11.4 Å². The predicted molar refractivity (Wildman–Crippen MR) is 77.3 cm³/mol. The Morgan fingerprint density at radius 2 is 2.00 bits per heavy atom. The van der Waals surface area contributed by atoms with E-state index in [9.17, 15) is 25.0 Å². The Balaban J connectivity index is 2.27. The first-order valence-electron chi connectivity index (χ1n) is 6.75. The van der Waals surface area contributed by atoms with Crippen LogP contribution < -0.4 is 4.90 Å². The quantitative estimate of drug-likeness (QED) is 0.472. The van der Waals surface area contributed by atoms with Crippen LogP contribution >= 0.6 is 0 Å². The summed E-state index contributed by atoms with van der Waals surface area (Å²) in [4.78, 5) is 35.4. The van der Waals surface area contributed by atoms with E-state index in [0.717, 1.165) is 0 Å². The number of allylic oxidation sites excluding steroid dienone is 1. The summed E-state index contributed by atoms with van der Waals surface area (Å²) in [5.74, 6) is -1.26. The number of nitro benzene ring substituents is 1. The van der Waals surface area contributed by atoms with Crippen LogP contribution in [-0.4, -0.2) is 28.3 Å². The molecule has 0 saturated heterocycles. The summed E-state index contributed by atoms with van der Waals surface area (Å²) >= 11 is 0. The number of carbonyl (C=O) groups excluding carboxylic acids is 1. The smallest absolute Gasteiger partial charge is 0.309 e. The Morgan fingerprint density at radius 1 is 1.27 bits per heavy atom. The second kappa shape index (κ2) is 4.62. The van der Waals surface area contributed by atoms with Crippen molar-refractivity contribution in [2.45, 2.75) is 24.3 Å². The molecular weight excluding hydrogens is 290 g/mol. The van der Waals surface area contributed by atoms with Gasteiger partial charge in [-0.05, 0) is 18.1 Å². The number of hydrogen-bond acceptors (Lipinski definition) is 5. The number of non-ortho nitro benzene ring substituents is 1. The summed E-state index contributed by atoms with van der Waals surface area (Å²) in [6.45, 7) is 0. The lowest BCUT2D eigenvalue weighted by molar-refractivity contribution is -0.557. The molecule has 1 heterocycles. The molecule has 2 aliphatic rings. The van der Waals surface area contributed by atoms with Gasteiger partial charge in [-0.3, -0.25) is 25.0 Å². The Morgan fingerprint density at radius 3 is 2.64 bits per heavy atom. The Labute approximate surface area is 125 Å². The van der Waals surface area contributed by atoms with Crippen molar-refractivity contribution in [2.75, 3.05) is 11.9 Å². The second-order valence-electron chi connectivity index (χ2n) is 5.51. The van der Waals surface area contributed by atoms with Gasteiger partial charge in [0, 0.05) is 36.2 Å². The summed E-state index contributed by atoms with van der Waals surface area (Å²) < 4.78 is 0. The molecule has 0 unspecified atom stereocenters. The molecule has 0 bridgehead atoms. The van der Waals surface area contributed by atoms with E-state index in [1.165, 1.54) is 30.1 Å². The molecule has 2 atom stereocenters. The number of nitrogens with zero attached hydrogens (tertiary/aromatic N) is 3. The molecule has 114 valence electrons. The van der Waals surface area contributed by atoms with Crippen LogP contribution in [0, 0.1) is 20.2 Å². The maximum Gasteiger partial charge on any atom is 0.309 e. The van der Waals surface area contributed by atoms with Gasteiger partial charge in [-0.25, -0.2) is 0 Å². The Kier molecular flexibility index (Phi) is 2.98. The van der Waals surface area contributed by atoms with Gasteiger partial charge >= 0.3 is 11.4 Å². The highest BCUT2D eigenvalue weighted by molar-refractivity contribution is 6.03. The largest absolute Gasteiger partial charge is 0.309 e. The lowest BCUT2D eigenvalue weighted by atomic mass is 9.69. The molecule has 1 amide bonds. The standard InChI is InChI=1S/C14H13N3O5/c1-15-12-6-5-9(16(19)20)8-10(12)11-4-2-3-7-14(11,13(15)18)17(21)22/h2-3,5-6,8,11H,4,7H2,1H3/t11-,14+/m0/s1. The summed E-state index contributed by atoms with van der Waals surface area (Å²) in [5.41, 5.74) is -0.926. The summed E-state index contributed by atoms with van der Waals surface area (Å²) in [6.07, 6.45) is 3.73. The topological polar surface area (TPSA) is 107 Å². The number of likely N-dealkylation sites (N-methyl/N-ethyl adjacent to an activating group) is 1. The number of nitro groups is 2. The molecule has 8 nitrogen and oxygen atoms in total. The van der Waals surface area contributed by atoms with Gasteiger partial charge in [0.15, 0.2) is 0 Å². The van der Waals surface area contributed by atoms with Gasteiger partial charge in [-0.2, -0.15) is 0 Å². The van der Waals surface area contributed by atoms with Crippen molar-refractivity contribution in [1.82, 2.24) is 0 Å². The van der Waals surface area contributed by atoms with Gasteiger partial charge in [0.1, 0.15) is 0 Å². The molecule has 1 aliphatic heterocycles. The van der Waals surface area contributed by atoms with E-state index in [1.807, 2.05) is 0 Å². The third-order valence-corrected chi connectivity index (χ3v) is 4.50. The van der Waals surface area contributed by atoms with E-state index < -0.39 is 27.2 Å². The highest BCUT2D eigenvalue weighted by atomic mass is 16.6. The highest BCUT2D eigenvalue weighted by Gasteiger charge is 2.62. The number of benzene rings is 1. The molecule has 8 heteroatoms. The van der Waals surface area contributed by atoms with Gasteiger partial charge in [-0.1, -0.05) is 12.2 Å². The van der Waals surface area contributed by atoms with Gasteiger partial charge < -0.3 is 4.90 Å². The first kappa shape index (κ1) is 14.2. The Bertz CT molecular complexity index is 729. The number of carbonyl (C=O) groups is 1. The van der Waals surface area contributed by atoms with Crippen molar-refractivity contribution in [1.29, 1.82) is 0 Å². The number of anilines is 1. The molecule has 0 N–H and O–H groups in total. The van der Waals surface area contributed by atoms with Gasteiger partial charge in [-0.15, -0.1) is 0 Å². The van der Waals surface area contributed by atoms with E-state index in [0.29, 0.717) is 17.7 Å². The fourth-order valence-corrected chi connectivity index (χ4v) is 3.37. The number of fused-ring (bicyclic) bond motifs is 3. The number of hydrogen-bond donors (Lipinski definition) is 0. The van der Waals surface area contributed by atoms with Crippen molar-refractivity contribution in [3.05, 3.63) is 56.1 Å². The molecule has 3 rings (SSSR count). The zero-order valence-corrected chi connectivity index (χ0v) is 11.8. The van der Waals surface area contributed by atoms with Crippen molar-refractivity contribution >= 4 is 17.3 Å². The molecule has 0 spiro atoms. The van der Waals surface area contributed by atoms with Crippen molar-refractivity contribution < 1.29 is 14.6 Å². The highest BCUT2D eigenvalue weighted by Crippen LogP contribution is 2.49. The number of amides is 1. The lowest BCUT2D eigenvalue weighted by Gasteiger charge is -2.41. The summed E-state index contributed by atoms with van der Waals surface area (Å²) in [5, 5.41) is 22.7. The van der Waals surface area contributed by atoms with Crippen LogP contribution in [0.15, 0.2) is 30.4 Å². The zero-order chi connectivity index (χ0) is 16.1. The van der Waals surface area contributed by atoms with Crippen molar-refractivity contribution in [3.8, 4) is 0 Å². The predicted octanol–water partition coefficient (Wildman–Crippen LogP) is 2.02. The summed E-state index contributed by atoms with van der Waals surface area (Å²) in [6, 6.07) is 4.13. The molecule has 1 aliphatic carbocycles. The maximum absolute atomic E-state index is 12.6. The minimum absolute atomic E-state index is 0.00400. The molecular formula is C14H13N3O5. The van der Waals surface area contributed by atoms with E-state index in [2.05, 4.69) is 0 Å². The molecule has 0 saturated carbocycles. The molecule has 1 aromatic rings. The van der Waals surface area contributed by atoms with Crippen LogP contribution in [0.2, 0.25) is 0 Å². The van der Waals surface area contributed by atoms with Crippen LogP contribution in [-0.2, 0) is 4.79 Å². The summed E-state index contributed by atoms with van der Waals surface area (Å²) in [7, 11) is 1.47. The molecule has 0 aromatic heterocycles. The minimum Gasteiger partial charge on any atom is -0.309 e. The average Bonchev–Trinajstić information content (AvgIpc) is 2.51. The second-order valence-corrected chi connectivity index (χ2v) is 5.51. The van der Waals surface area contributed by atoms with Gasteiger partial charge in [0.2, 0.25) is 0 Å². The third-order valence-electron chi connectivity index (χ3n) is 4.50. The lowest BCUT2D eigenvalue weighted by Crippen LogP contribution is -2.60. The fourth-order valence-electron chi connectivity index (χ4n) is 3.37. The van der Waals surface area contributed by atoms with Crippen molar-refractivity contribution in [2.24, 2.45) is 0 Å². The first-order valence-corrected chi connectivity index (χ1v) is 6.75. The normalized spacial score (nSPS) is 26.3. The average molecular weight is 303 g/mol. The molecule has 0 radical (unpaired) electrons. The molecule has 0 fully saturated rings. The third kappa shape index (κ3) is 1.66. The van der Waals surface area contributed by atoms with Gasteiger partial charge in [0.25, 0.3) is 5.69 Å². The van der Waals surface area contributed by atoms with E-state index in [-0.39, 0.29) is 12.1 Å². The monoisotopic (exact) mass is 303 g/mol. The molecule has 22 heavy (non-hydrogen) atoms. The zero-order valence-electron chi connectivity index (χ0n) is 11.8. The van der Waals surface area contributed by atoms with Crippen LogP contribution in [0.3, 0.4) is 0 Å².